The molecule has 174 valence electrons. The highest BCUT2D eigenvalue weighted by molar-refractivity contribution is 9.10. The van der Waals surface area contributed by atoms with Crippen molar-refractivity contribution in [1.82, 2.24) is 19.8 Å². The lowest BCUT2D eigenvalue weighted by Crippen LogP contribution is -2.50. The van der Waals surface area contributed by atoms with Crippen molar-refractivity contribution in [3.05, 3.63) is 51.1 Å². The van der Waals surface area contributed by atoms with E-state index in [-0.39, 0.29) is 11.8 Å². The van der Waals surface area contributed by atoms with Gasteiger partial charge >= 0.3 is 0 Å². The van der Waals surface area contributed by atoms with Crippen molar-refractivity contribution in [3.8, 4) is 0 Å². The molecule has 1 aliphatic heterocycles. The van der Waals surface area contributed by atoms with E-state index in [4.69, 9.17) is 0 Å². The Balaban J connectivity index is 1.44. The molecule has 0 aromatic carbocycles. The Morgan fingerprint density at radius 3 is 2.64 bits per heavy atom. The average molecular weight is 549 g/mol. The number of anilines is 2. The summed E-state index contributed by atoms with van der Waals surface area (Å²) in [6.07, 6.45) is 4.77. The van der Waals surface area contributed by atoms with E-state index < -0.39 is 0 Å². The van der Waals surface area contributed by atoms with Crippen molar-refractivity contribution in [1.29, 1.82) is 0 Å². The summed E-state index contributed by atoms with van der Waals surface area (Å²) in [6, 6.07) is 5.69. The quantitative estimate of drug-likeness (QED) is 0.526. The van der Waals surface area contributed by atoms with Crippen LogP contribution in [0.4, 0.5) is 10.9 Å². The number of carbonyl (C=O) groups excluding carboxylic acids is 2. The normalized spacial score (nSPS) is 18.9. The van der Waals surface area contributed by atoms with Crippen LogP contribution >= 0.6 is 39.0 Å². The van der Waals surface area contributed by atoms with Gasteiger partial charge in [-0.15, -0.1) is 0 Å². The third-order valence-corrected chi connectivity index (χ3v) is 8.45. The Hall–Kier alpha value is -2.17. The van der Waals surface area contributed by atoms with Gasteiger partial charge in [-0.3, -0.25) is 9.59 Å². The number of hydrogen-bond acceptors (Lipinski definition) is 7. The molecule has 1 unspecified atom stereocenters. The second-order valence-corrected chi connectivity index (χ2v) is 11.4. The number of thioether (sulfide) groups is 1. The maximum Gasteiger partial charge on any atom is 0.253 e. The number of nitrogens with zero attached hydrogens (tertiary/aromatic N) is 4. The Bertz CT molecular complexity index is 1120. The summed E-state index contributed by atoms with van der Waals surface area (Å²) >= 11 is 6.62. The van der Waals surface area contributed by atoms with Crippen LogP contribution in [0.15, 0.2) is 55.3 Å². The van der Waals surface area contributed by atoms with Crippen LogP contribution in [0, 0.1) is 5.92 Å². The standard InChI is InChI=1S/C23H26BrN5O2S2/c1-14-11-15(2)18(12-17(14)22(31)29-9-7-28(8-10-29)16(3)30)32-21-13-25-23(33-21)27-20-6-4-5-19(24)26-20/h4-6,12-13,15H,7-11H2,1-3H3,(H,25,26,27). The summed E-state index contributed by atoms with van der Waals surface area (Å²) in [4.78, 5) is 38.5. The molecule has 3 heterocycles. The lowest BCUT2D eigenvalue weighted by Gasteiger charge is -2.35. The van der Waals surface area contributed by atoms with Crippen LogP contribution in [0.2, 0.25) is 0 Å². The van der Waals surface area contributed by atoms with E-state index in [0.29, 0.717) is 32.1 Å². The molecule has 33 heavy (non-hydrogen) atoms. The highest BCUT2D eigenvalue weighted by Gasteiger charge is 2.28. The molecule has 0 bridgehead atoms. The van der Waals surface area contributed by atoms with E-state index in [1.54, 1.807) is 34.9 Å². The number of rotatable bonds is 5. The van der Waals surface area contributed by atoms with Gasteiger partial charge in [-0.05, 0) is 58.3 Å². The first-order valence-corrected chi connectivity index (χ1v) is 13.2. The van der Waals surface area contributed by atoms with E-state index >= 15 is 0 Å². The molecule has 2 aromatic rings. The summed E-state index contributed by atoms with van der Waals surface area (Å²) in [5, 5.41) is 4.01. The lowest BCUT2D eigenvalue weighted by atomic mass is 9.90. The van der Waals surface area contributed by atoms with E-state index in [2.05, 4.69) is 44.2 Å². The fraction of sp³-hybridized carbons (Fsp3) is 0.391. The molecule has 1 fully saturated rings. The Kier molecular flexibility index (Phi) is 7.55. The minimum Gasteiger partial charge on any atom is -0.339 e. The molecule has 1 saturated heterocycles. The van der Waals surface area contributed by atoms with Crippen molar-refractivity contribution in [2.45, 2.75) is 31.4 Å². The maximum atomic E-state index is 13.3. The van der Waals surface area contributed by atoms with Gasteiger partial charge in [0.05, 0.1) is 10.4 Å². The molecule has 2 amide bonds. The van der Waals surface area contributed by atoms with Crippen LogP contribution < -0.4 is 5.32 Å². The first-order valence-electron chi connectivity index (χ1n) is 10.8. The Morgan fingerprint density at radius 2 is 1.94 bits per heavy atom. The fourth-order valence-corrected chi connectivity index (χ4v) is 6.31. The van der Waals surface area contributed by atoms with Crippen molar-refractivity contribution in [3.63, 3.8) is 0 Å². The van der Waals surface area contributed by atoms with Gasteiger partial charge in [0.1, 0.15) is 10.4 Å². The zero-order chi connectivity index (χ0) is 23.5. The van der Waals surface area contributed by atoms with Gasteiger partial charge in [-0.25, -0.2) is 9.97 Å². The van der Waals surface area contributed by atoms with Crippen molar-refractivity contribution in [2.75, 3.05) is 31.5 Å². The van der Waals surface area contributed by atoms with E-state index in [9.17, 15) is 9.59 Å². The number of hydrogen-bond donors (Lipinski definition) is 1. The SMILES string of the molecule is CC(=O)N1CCN(C(=O)C2=C(C)CC(C)C(Sc3cnc(Nc4cccc(Br)n4)s3)=C2)CC1. The molecule has 0 radical (unpaired) electrons. The smallest absolute Gasteiger partial charge is 0.253 e. The van der Waals surface area contributed by atoms with E-state index in [0.717, 1.165) is 37.3 Å². The van der Waals surface area contributed by atoms with E-state index in [1.807, 2.05) is 36.2 Å². The molecule has 1 aliphatic carbocycles. The summed E-state index contributed by atoms with van der Waals surface area (Å²) in [5.74, 6) is 1.20. The number of halogens is 1. The van der Waals surface area contributed by atoms with Crippen LogP contribution in [0.25, 0.3) is 0 Å². The van der Waals surface area contributed by atoms with Crippen LogP contribution in [0.5, 0.6) is 0 Å². The molecule has 1 atom stereocenters. The summed E-state index contributed by atoms with van der Waals surface area (Å²) in [7, 11) is 0. The van der Waals surface area contributed by atoms with Crippen LogP contribution in [0.3, 0.4) is 0 Å². The minimum atomic E-state index is 0.0630. The molecule has 1 N–H and O–H groups in total. The largest absolute Gasteiger partial charge is 0.339 e. The highest BCUT2D eigenvalue weighted by Crippen LogP contribution is 2.42. The molecule has 2 aliphatic rings. The molecule has 2 aromatic heterocycles. The topological polar surface area (TPSA) is 78.4 Å². The van der Waals surface area contributed by atoms with Gasteiger partial charge < -0.3 is 15.1 Å². The van der Waals surface area contributed by atoms with Gasteiger partial charge in [-0.2, -0.15) is 0 Å². The second-order valence-electron chi connectivity index (χ2n) is 8.20. The zero-order valence-corrected chi connectivity index (χ0v) is 22.0. The molecule has 7 nitrogen and oxygen atoms in total. The maximum absolute atomic E-state index is 13.3. The monoisotopic (exact) mass is 547 g/mol. The molecular weight excluding hydrogens is 522 g/mol. The molecule has 10 heteroatoms. The average Bonchev–Trinajstić information content (AvgIpc) is 3.22. The first-order chi connectivity index (χ1) is 15.8. The number of aromatic nitrogens is 2. The van der Waals surface area contributed by atoms with Gasteiger partial charge in [-0.1, -0.05) is 41.7 Å². The predicted molar refractivity (Wildman–Crippen MR) is 137 cm³/mol. The highest BCUT2D eigenvalue weighted by atomic mass is 79.9. The number of piperazine rings is 1. The third kappa shape index (κ3) is 5.85. The van der Waals surface area contributed by atoms with Crippen LogP contribution in [-0.2, 0) is 9.59 Å². The van der Waals surface area contributed by atoms with Crippen molar-refractivity contribution in [2.24, 2.45) is 5.92 Å². The van der Waals surface area contributed by atoms with Gasteiger partial charge in [0, 0.05) is 38.7 Å². The molecular formula is C23H26BrN5O2S2. The fourth-order valence-electron chi connectivity index (χ4n) is 3.91. The zero-order valence-electron chi connectivity index (χ0n) is 18.8. The second kappa shape index (κ2) is 10.4. The van der Waals surface area contributed by atoms with Crippen LogP contribution in [-0.4, -0.2) is 57.8 Å². The molecule has 0 spiro atoms. The van der Waals surface area contributed by atoms with Gasteiger partial charge in [0.2, 0.25) is 5.91 Å². The van der Waals surface area contributed by atoms with Crippen molar-refractivity contribution < 1.29 is 9.59 Å². The van der Waals surface area contributed by atoms with Gasteiger partial charge in [0.15, 0.2) is 5.13 Å². The first kappa shape index (κ1) is 24.0. The Morgan fingerprint density at radius 1 is 1.21 bits per heavy atom. The molecule has 0 saturated carbocycles. The summed E-state index contributed by atoms with van der Waals surface area (Å²) in [6.45, 7) is 8.17. The number of nitrogens with one attached hydrogen (secondary N) is 1. The third-order valence-electron chi connectivity index (χ3n) is 5.74. The number of pyridine rings is 1. The summed E-state index contributed by atoms with van der Waals surface area (Å²) in [5.41, 5.74) is 1.91. The minimum absolute atomic E-state index is 0.0630. The Labute approximate surface area is 210 Å². The lowest BCUT2D eigenvalue weighted by molar-refractivity contribution is -0.136. The van der Waals surface area contributed by atoms with Crippen LogP contribution in [0.1, 0.15) is 27.2 Å². The molecule has 4 rings (SSSR count). The predicted octanol–water partition coefficient (Wildman–Crippen LogP) is 5.07. The number of allylic oxidation sites excluding steroid dienone is 2. The van der Waals surface area contributed by atoms with Gasteiger partial charge in [0.25, 0.3) is 5.91 Å². The number of thiazole rings is 1. The number of amides is 2. The van der Waals surface area contributed by atoms with Crippen molar-refractivity contribution >= 4 is 61.8 Å². The number of carbonyl (C=O) groups is 2. The summed E-state index contributed by atoms with van der Waals surface area (Å²) < 4.78 is 1.83. The van der Waals surface area contributed by atoms with E-state index in [1.165, 1.54) is 4.91 Å².